The first-order chi connectivity index (χ1) is 9.34. The van der Waals surface area contributed by atoms with Crippen LogP contribution in [0.25, 0.3) is 22.3 Å². The Morgan fingerprint density at radius 1 is 0.632 bits per heavy atom. The van der Waals surface area contributed by atoms with Crippen LogP contribution in [0.3, 0.4) is 0 Å². The zero-order chi connectivity index (χ0) is 13.1. The summed E-state index contributed by atoms with van der Waals surface area (Å²) in [6.45, 7) is 2.12. The summed E-state index contributed by atoms with van der Waals surface area (Å²) >= 11 is 0. The molecule has 0 aromatic heterocycles. The van der Waals surface area contributed by atoms with E-state index in [0.29, 0.717) is 0 Å². The average molecular weight is 243 g/mol. The fourth-order valence-corrected chi connectivity index (χ4v) is 2.29. The molecule has 0 spiro atoms. The SMILES string of the molecule is Cc1ccc[c]c1-c1ccc(-c2ccccc2)cc1. The van der Waals surface area contributed by atoms with Crippen molar-refractivity contribution in [3.63, 3.8) is 0 Å². The highest BCUT2D eigenvalue weighted by Crippen LogP contribution is 2.26. The molecule has 1 radical (unpaired) electrons. The quantitative estimate of drug-likeness (QED) is 0.585. The molecular formula is C19H15. The standard InChI is InChI=1S/C19H15/c1-15-7-5-6-10-19(15)18-13-11-17(12-14-18)16-8-3-2-4-9-16/h2-9,11-14H,1H3. The average Bonchev–Trinajstić information content (AvgIpc) is 2.49. The van der Waals surface area contributed by atoms with E-state index in [0.717, 1.165) is 0 Å². The highest BCUT2D eigenvalue weighted by Gasteiger charge is 2.02. The molecule has 19 heavy (non-hydrogen) atoms. The number of hydrogen-bond acceptors (Lipinski definition) is 0. The summed E-state index contributed by atoms with van der Waals surface area (Å²) in [5, 5.41) is 0. The van der Waals surface area contributed by atoms with E-state index in [1.165, 1.54) is 27.8 Å². The second kappa shape index (κ2) is 5.11. The highest BCUT2D eigenvalue weighted by atomic mass is 14.1. The molecule has 0 nitrogen and oxygen atoms in total. The molecule has 3 aromatic carbocycles. The van der Waals surface area contributed by atoms with Gasteiger partial charge in [0.1, 0.15) is 0 Å². The predicted molar refractivity (Wildman–Crippen MR) is 80.9 cm³/mol. The summed E-state index contributed by atoms with van der Waals surface area (Å²) in [7, 11) is 0. The molecule has 0 aliphatic heterocycles. The van der Waals surface area contributed by atoms with Crippen molar-refractivity contribution in [2.24, 2.45) is 0 Å². The number of aryl methyl sites for hydroxylation is 1. The summed E-state index contributed by atoms with van der Waals surface area (Å²) in [6.07, 6.45) is 0. The third-order valence-corrected chi connectivity index (χ3v) is 3.35. The van der Waals surface area contributed by atoms with Crippen LogP contribution in [-0.4, -0.2) is 0 Å². The molecular weight excluding hydrogens is 228 g/mol. The fraction of sp³-hybridized carbons (Fsp3) is 0.0526. The lowest BCUT2D eigenvalue weighted by atomic mass is 9.98. The maximum Gasteiger partial charge on any atom is -0.00759 e. The van der Waals surface area contributed by atoms with Crippen molar-refractivity contribution in [1.29, 1.82) is 0 Å². The minimum atomic E-state index is 1.18. The molecule has 0 heteroatoms. The molecule has 0 unspecified atom stereocenters. The maximum absolute atomic E-state index is 3.31. The molecule has 0 fully saturated rings. The highest BCUT2D eigenvalue weighted by molar-refractivity contribution is 5.71. The Bertz CT molecular complexity index is 664. The largest absolute Gasteiger partial charge is 0.0622 e. The second-order valence-corrected chi connectivity index (χ2v) is 4.67. The molecule has 0 N–H and O–H groups in total. The van der Waals surface area contributed by atoms with Crippen molar-refractivity contribution in [3.8, 4) is 22.3 Å². The molecule has 3 aromatic rings. The van der Waals surface area contributed by atoms with Crippen molar-refractivity contribution < 1.29 is 0 Å². The van der Waals surface area contributed by atoms with Crippen LogP contribution in [-0.2, 0) is 0 Å². The van der Waals surface area contributed by atoms with Gasteiger partial charge in [-0.15, -0.1) is 0 Å². The van der Waals surface area contributed by atoms with Crippen LogP contribution < -0.4 is 0 Å². The van der Waals surface area contributed by atoms with E-state index in [1.807, 2.05) is 18.2 Å². The summed E-state index contributed by atoms with van der Waals surface area (Å²) in [4.78, 5) is 0. The van der Waals surface area contributed by atoms with Crippen LogP contribution in [0.5, 0.6) is 0 Å². The van der Waals surface area contributed by atoms with E-state index < -0.39 is 0 Å². The van der Waals surface area contributed by atoms with Crippen LogP contribution >= 0.6 is 0 Å². The molecule has 0 amide bonds. The van der Waals surface area contributed by atoms with Crippen LogP contribution in [0.15, 0.2) is 72.8 Å². The Balaban J connectivity index is 1.98. The van der Waals surface area contributed by atoms with Gasteiger partial charge in [0.05, 0.1) is 0 Å². The number of hydrogen-bond donors (Lipinski definition) is 0. The topological polar surface area (TPSA) is 0 Å². The van der Waals surface area contributed by atoms with Crippen molar-refractivity contribution in [2.45, 2.75) is 6.92 Å². The minimum Gasteiger partial charge on any atom is -0.0622 e. The minimum absolute atomic E-state index is 1.18. The van der Waals surface area contributed by atoms with Gasteiger partial charge in [0.2, 0.25) is 0 Å². The van der Waals surface area contributed by atoms with Gasteiger partial charge in [-0.25, -0.2) is 0 Å². The Kier molecular flexibility index (Phi) is 3.16. The molecule has 91 valence electrons. The second-order valence-electron chi connectivity index (χ2n) is 4.67. The molecule has 0 aliphatic rings. The van der Waals surface area contributed by atoms with Crippen molar-refractivity contribution in [1.82, 2.24) is 0 Å². The number of benzene rings is 3. The molecule has 0 saturated heterocycles. The maximum atomic E-state index is 3.31. The van der Waals surface area contributed by atoms with Gasteiger partial charge in [0.25, 0.3) is 0 Å². The van der Waals surface area contributed by atoms with Gasteiger partial charge in [-0.1, -0.05) is 72.8 Å². The van der Waals surface area contributed by atoms with E-state index >= 15 is 0 Å². The Morgan fingerprint density at radius 2 is 1.26 bits per heavy atom. The van der Waals surface area contributed by atoms with Crippen LogP contribution in [0.4, 0.5) is 0 Å². The molecule has 0 saturated carbocycles. The van der Waals surface area contributed by atoms with Gasteiger partial charge in [-0.05, 0) is 40.8 Å². The zero-order valence-corrected chi connectivity index (χ0v) is 10.9. The van der Waals surface area contributed by atoms with Crippen LogP contribution in [0.1, 0.15) is 5.56 Å². The van der Waals surface area contributed by atoms with Crippen LogP contribution in [0.2, 0.25) is 0 Å². The molecule has 3 rings (SSSR count). The monoisotopic (exact) mass is 243 g/mol. The molecule has 0 aliphatic carbocycles. The first-order valence-corrected chi connectivity index (χ1v) is 6.48. The molecule has 0 heterocycles. The predicted octanol–water partition coefficient (Wildman–Crippen LogP) is 5.13. The van der Waals surface area contributed by atoms with Gasteiger partial charge in [0, 0.05) is 0 Å². The first-order valence-electron chi connectivity index (χ1n) is 6.48. The van der Waals surface area contributed by atoms with E-state index in [2.05, 4.69) is 67.6 Å². The fourth-order valence-electron chi connectivity index (χ4n) is 2.29. The van der Waals surface area contributed by atoms with Gasteiger partial charge in [-0.3, -0.25) is 0 Å². The first kappa shape index (κ1) is 11.7. The van der Waals surface area contributed by atoms with Gasteiger partial charge >= 0.3 is 0 Å². The lowest BCUT2D eigenvalue weighted by Crippen LogP contribution is -1.83. The lowest BCUT2D eigenvalue weighted by Gasteiger charge is -2.07. The van der Waals surface area contributed by atoms with E-state index in [9.17, 15) is 0 Å². The Labute approximate surface area is 114 Å². The number of rotatable bonds is 2. The van der Waals surface area contributed by atoms with Crippen LogP contribution in [0, 0.1) is 13.0 Å². The van der Waals surface area contributed by atoms with E-state index in [-0.39, 0.29) is 0 Å². The summed E-state index contributed by atoms with van der Waals surface area (Å²) in [5.74, 6) is 0. The van der Waals surface area contributed by atoms with Crippen molar-refractivity contribution in [3.05, 3.63) is 84.4 Å². The summed E-state index contributed by atoms with van der Waals surface area (Å²) in [5.41, 5.74) is 6.16. The van der Waals surface area contributed by atoms with Gasteiger partial charge in [0.15, 0.2) is 0 Å². The smallest absolute Gasteiger partial charge is 0.00759 e. The molecule has 0 atom stereocenters. The summed E-state index contributed by atoms with van der Waals surface area (Å²) in [6, 6.07) is 28.5. The zero-order valence-electron chi connectivity index (χ0n) is 10.9. The van der Waals surface area contributed by atoms with Gasteiger partial charge in [-0.2, -0.15) is 0 Å². The Morgan fingerprint density at radius 3 is 1.95 bits per heavy atom. The normalized spacial score (nSPS) is 10.4. The third-order valence-electron chi connectivity index (χ3n) is 3.35. The van der Waals surface area contributed by atoms with Crippen molar-refractivity contribution in [2.75, 3.05) is 0 Å². The van der Waals surface area contributed by atoms with E-state index in [4.69, 9.17) is 0 Å². The summed E-state index contributed by atoms with van der Waals surface area (Å²) < 4.78 is 0. The van der Waals surface area contributed by atoms with Gasteiger partial charge < -0.3 is 0 Å². The van der Waals surface area contributed by atoms with E-state index in [1.54, 1.807) is 0 Å². The lowest BCUT2D eigenvalue weighted by molar-refractivity contribution is 1.45. The molecule has 0 bridgehead atoms. The van der Waals surface area contributed by atoms with Crippen molar-refractivity contribution >= 4 is 0 Å². The Hall–Kier alpha value is -2.34. The third kappa shape index (κ3) is 2.43.